The van der Waals surface area contributed by atoms with Crippen LogP contribution in [0.1, 0.15) is 13.8 Å². The van der Waals surface area contributed by atoms with Gasteiger partial charge in [-0.2, -0.15) is 0 Å². The van der Waals surface area contributed by atoms with Crippen LogP contribution in [0.3, 0.4) is 0 Å². The van der Waals surface area contributed by atoms with Gasteiger partial charge in [0.1, 0.15) is 11.0 Å². The molecule has 0 aromatic heterocycles. The molecule has 2 unspecified atom stereocenters. The van der Waals surface area contributed by atoms with Crippen molar-refractivity contribution < 1.29 is 0 Å². The first-order chi connectivity index (χ1) is 4.63. The second kappa shape index (κ2) is 2.58. The summed E-state index contributed by atoms with van der Waals surface area (Å²) in [6, 6.07) is 0. The van der Waals surface area contributed by atoms with Gasteiger partial charge >= 0.3 is 0 Å². The molecule has 2 atom stereocenters. The molecule has 10 heavy (non-hydrogen) atoms. The smallest absolute Gasteiger partial charge is 0.132 e. The van der Waals surface area contributed by atoms with Crippen molar-refractivity contribution >= 4 is 22.6 Å². The van der Waals surface area contributed by atoms with E-state index in [1.54, 1.807) is 0 Å². The van der Waals surface area contributed by atoms with E-state index in [2.05, 4.69) is 10.2 Å². The van der Waals surface area contributed by atoms with Crippen LogP contribution in [-0.4, -0.2) is 11.0 Å². The van der Waals surface area contributed by atoms with Crippen molar-refractivity contribution in [2.45, 2.75) is 13.8 Å². The fraction of sp³-hybridized carbons (Fsp3) is 0.667. The number of nitrogens with zero attached hydrogens (tertiary/aromatic N) is 2. The first kappa shape index (κ1) is 7.54. The lowest BCUT2D eigenvalue weighted by atomic mass is 9.95. The third-order valence-electron chi connectivity index (χ3n) is 1.85. The van der Waals surface area contributed by atoms with E-state index < -0.39 is 0 Å². The van der Waals surface area contributed by atoms with Crippen LogP contribution in [0.15, 0.2) is 10.2 Å². The van der Waals surface area contributed by atoms with E-state index in [9.17, 15) is 0 Å². The van der Waals surface area contributed by atoms with Crippen LogP contribution in [0.5, 0.6) is 0 Å². The molecule has 0 spiro atoms. The Hall–Kier alpha value is -0.570. The van der Waals surface area contributed by atoms with E-state index in [1.807, 2.05) is 13.8 Å². The highest BCUT2D eigenvalue weighted by Gasteiger charge is 2.23. The summed E-state index contributed by atoms with van der Waals surface area (Å²) in [7, 11) is 0. The number of nitrogens with two attached hydrogens (primary N) is 1. The van der Waals surface area contributed by atoms with Gasteiger partial charge in [0.05, 0.1) is 0 Å². The summed E-state index contributed by atoms with van der Waals surface area (Å²) in [6.45, 7) is 3.97. The van der Waals surface area contributed by atoms with Crippen LogP contribution < -0.4 is 5.73 Å². The minimum Gasteiger partial charge on any atom is -0.385 e. The lowest BCUT2D eigenvalue weighted by Crippen LogP contribution is -2.31. The standard InChI is InChI=1S/C6H10ClN3/c1-3-4(2)6(8)10-9-5(3)7/h3-4H,1-2H3,(H2,8,10). The highest BCUT2D eigenvalue weighted by molar-refractivity contribution is 6.66. The third-order valence-corrected chi connectivity index (χ3v) is 2.27. The summed E-state index contributed by atoms with van der Waals surface area (Å²) in [5.74, 6) is 0.987. The molecule has 1 heterocycles. The van der Waals surface area contributed by atoms with Gasteiger partial charge in [-0.05, 0) is 0 Å². The molecule has 0 aromatic rings. The number of hydrogen-bond acceptors (Lipinski definition) is 3. The lowest BCUT2D eigenvalue weighted by molar-refractivity contribution is 0.610. The van der Waals surface area contributed by atoms with Gasteiger partial charge in [-0.25, -0.2) is 0 Å². The highest BCUT2D eigenvalue weighted by Crippen LogP contribution is 2.19. The van der Waals surface area contributed by atoms with E-state index in [0.717, 1.165) is 0 Å². The normalized spacial score (nSPS) is 33.1. The van der Waals surface area contributed by atoms with Crippen LogP contribution >= 0.6 is 11.6 Å². The van der Waals surface area contributed by atoms with Crippen LogP contribution in [-0.2, 0) is 0 Å². The van der Waals surface area contributed by atoms with Gasteiger partial charge in [0.15, 0.2) is 0 Å². The molecule has 0 aromatic carbocycles. The topological polar surface area (TPSA) is 50.7 Å². The average Bonchev–Trinajstić information content (AvgIpc) is 1.93. The molecular formula is C6H10ClN3. The highest BCUT2D eigenvalue weighted by atomic mass is 35.5. The zero-order chi connectivity index (χ0) is 7.72. The Balaban J connectivity index is 2.86. The summed E-state index contributed by atoms with van der Waals surface area (Å²) >= 11 is 5.71. The minimum absolute atomic E-state index is 0.208. The Morgan fingerprint density at radius 2 is 1.90 bits per heavy atom. The molecule has 0 amide bonds. The first-order valence-electron chi connectivity index (χ1n) is 3.19. The molecule has 1 aliphatic rings. The molecule has 1 rings (SSSR count). The number of rotatable bonds is 0. The molecule has 0 radical (unpaired) electrons. The van der Waals surface area contributed by atoms with Crippen molar-refractivity contribution in [1.29, 1.82) is 0 Å². The lowest BCUT2D eigenvalue weighted by Gasteiger charge is -2.19. The third kappa shape index (κ3) is 1.14. The molecule has 0 aliphatic carbocycles. The predicted octanol–water partition coefficient (Wildman–Crippen LogP) is 1.18. The maximum atomic E-state index is 5.71. The van der Waals surface area contributed by atoms with Crippen molar-refractivity contribution in [2.75, 3.05) is 0 Å². The maximum absolute atomic E-state index is 5.71. The molecule has 56 valence electrons. The van der Waals surface area contributed by atoms with Gasteiger partial charge in [-0.1, -0.05) is 25.4 Å². The molecule has 0 saturated carbocycles. The first-order valence-corrected chi connectivity index (χ1v) is 3.57. The van der Waals surface area contributed by atoms with Crippen molar-refractivity contribution in [3.05, 3.63) is 0 Å². The summed E-state index contributed by atoms with van der Waals surface area (Å²) in [5.41, 5.74) is 5.52. The van der Waals surface area contributed by atoms with Crippen LogP contribution in [0.25, 0.3) is 0 Å². The summed E-state index contributed by atoms with van der Waals surface area (Å²) in [6.07, 6.45) is 0. The Bertz CT molecular complexity index is 175. The number of halogens is 1. The van der Waals surface area contributed by atoms with E-state index in [1.165, 1.54) is 0 Å². The van der Waals surface area contributed by atoms with E-state index in [4.69, 9.17) is 17.3 Å². The molecule has 4 heteroatoms. The van der Waals surface area contributed by atoms with Gasteiger partial charge in [0.2, 0.25) is 0 Å². The zero-order valence-electron chi connectivity index (χ0n) is 6.00. The average molecular weight is 160 g/mol. The second-order valence-corrected chi connectivity index (χ2v) is 2.91. The predicted molar refractivity (Wildman–Crippen MR) is 43.2 cm³/mol. The minimum atomic E-state index is 0.208. The van der Waals surface area contributed by atoms with Crippen LogP contribution in [0, 0.1) is 11.8 Å². The summed E-state index contributed by atoms with van der Waals surface area (Å²) in [4.78, 5) is 0. The van der Waals surface area contributed by atoms with E-state index in [0.29, 0.717) is 11.0 Å². The Kier molecular flexibility index (Phi) is 1.94. The SMILES string of the molecule is CC1C(N)=NN=C(Cl)C1C. The van der Waals surface area contributed by atoms with Crippen molar-refractivity contribution in [3.63, 3.8) is 0 Å². The van der Waals surface area contributed by atoms with E-state index in [-0.39, 0.29) is 11.8 Å². The van der Waals surface area contributed by atoms with Gasteiger partial charge in [-0.15, -0.1) is 10.2 Å². The summed E-state index contributed by atoms with van der Waals surface area (Å²) in [5, 5.41) is 7.92. The number of amidine groups is 1. The van der Waals surface area contributed by atoms with Gasteiger partial charge in [-0.3, -0.25) is 0 Å². The van der Waals surface area contributed by atoms with Crippen molar-refractivity contribution in [3.8, 4) is 0 Å². The number of hydrogen-bond donors (Lipinski definition) is 1. The quantitative estimate of drug-likeness (QED) is 0.567. The van der Waals surface area contributed by atoms with Crippen molar-refractivity contribution in [1.82, 2.24) is 0 Å². The monoisotopic (exact) mass is 159 g/mol. The van der Waals surface area contributed by atoms with Gasteiger partial charge in [0.25, 0.3) is 0 Å². The molecule has 2 N–H and O–H groups in total. The largest absolute Gasteiger partial charge is 0.385 e. The molecular weight excluding hydrogens is 150 g/mol. The second-order valence-electron chi connectivity index (χ2n) is 2.52. The fourth-order valence-corrected chi connectivity index (χ4v) is 0.977. The van der Waals surface area contributed by atoms with Crippen molar-refractivity contribution in [2.24, 2.45) is 27.8 Å². The summed E-state index contributed by atoms with van der Waals surface area (Å²) < 4.78 is 0. The van der Waals surface area contributed by atoms with E-state index >= 15 is 0 Å². The van der Waals surface area contributed by atoms with Crippen LogP contribution in [0.2, 0.25) is 0 Å². The Morgan fingerprint density at radius 1 is 1.30 bits per heavy atom. The Labute approximate surface area is 65.0 Å². The molecule has 0 bridgehead atoms. The van der Waals surface area contributed by atoms with Gasteiger partial charge in [0, 0.05) is 11.8 Å². The molecule has 3 nitrogen and oxygen atoms in total. The Morgan fingerprint density at radius 3 is 2.40 bits per heavy atom. The molecule has 0 fully saturated rings. The maximum Gasteiger partial charge on any atom is 0.132 e. The zero-order valence-corrected chi connectivity index (χ0v) is 6.76. The molecule has 0 saturated heterocycles. The fourth-order valence-electron chi connectivity index (χ4n) is 0.750. The molecule has 1 aliphatic heterocycles. The van der Waals surface area contributed by atoms with Gasteiger partial charge < -0.3 is 5.73 Å². The van der Waals surface area contributed by atoms with Crippen LogP contribution in [0.4, 0.5) is 0 Å².